The van der Waals surface area contributed by atoms with Gasteiger partial charge in [0, 0.05) is 11.6 Å². The Labute approximate surface area is 117 Å². The Balaban J connectivity index is 2.06. The van der Waals surface area contributed by atoms with E-state index in [9.17, 15) is 8.42 Å². The van der Waals surface area contributed by atoms with Gasteiger partial charge in [-0.25, -0.2) is 8.42 Å². The smallest absolute Gasteiger partial charge is 0.182 e. The molecule has 0 aliphatic carbocycles. The first-order chi connectivity index (χ1) is 9.67. The Morgan fingerprint density at radius 3 is 2.40 bits per heavy atom. The fourth-order valence-electron chi connectivity index (χ4n) is 2.20. The Morgan fingerprint density at radius 2 is 1.60 bits per heavy atom. The second-order valence-electron chi connectivity index (χ2n) is 4.56. The fraction of sp³-hybridized carbons (Fsp3) is 0.0625. The number of hydrogen-bond donors (Lipinski definition) is 0. The van der Waals surface area contributed by atoms with Crippen LogP contribution in [0.15, 0.2) is 71.8 Å². The lowest BCUT2D eigenvalue weighted by Crippen LogP contribution is -2.05. The van der Waals surface area contributed by atoms with Gasteiger partial charge in [-0.3, -0.25) is 4.98 Å². The Morgan fingerprint density at radius 1 is 0.850 bits per heavy atom. The third-order valence-electron chi connectivity index (χ3n) is 3.16. The average molecular weight is 283 g/mol. The maximum atomic E-state index is 12.4. The summed E-state index contributed by atoms with van der Waals surface area (Å²) in [6, 6.07) is 17.9. The number of rotatable bonds is 3. The number of pyridine rings is 1. The summed E-state index contributed by atoms with van der Waals surface area (Å²) < 4.78 is 24.8. The summed E-state index contributed by atoms with van der Waals surface area (Å²) in [6.45, 7) is 0. The highest BCUT2D eigenvalue weighted by Gasteiger charge is 2.16. The van der Waals surface area contributed by atoms with Gasteiger partial charge in [0.1, 0.15) is 0 Å². The maximum Gasteiger partial charge on any atom is 0.182 e. The molecule has 3 rings (SSSR count). The molecular formula is C16H13NO2S. The van der Waals surface area contributed by atoms with Crippen molar-refractivity contribution in [1.29, 1.82) is 0 Å². The first kappa shape index (κ1) is 12.8. The molecule has 1 heterocycles. The second-order valence-corrected chi connectivity index (χ2v) is 6.55. The predicted octanol–water partition coefficient (Wildman–Crippen LogP) is 3.21. The van der Waals surface area contributed by atoms with Crippen molar-refractivity contribution in [2.24, 2.45) is 0 Å². The zero-order chi connectivity index (χ0) is 14.0. The minimum Gasteiger partial charge on any atom is -0.256 e. The summed E-state index contributed by atoms with van der Waals surface area (Å²) in [5.41, 5.74) is 1.47. The molecular weight excluding hydrogens is 270 g/mol. The topological polar surface area (TPSA) is 47.0 Å². The average Bonchev–Trinajstić information content (AvgIpc) is 2.48. The number of para-hydroxylation sites is 1. The zero-order valence-electron chi connectivity index (χ0n) is 10.7. The lowest BCUT2D eigenvalue weighted by atomic mass is 10.1. The third kappa shape index (κ3) is 2.42. The van der Waals surface area contributed by atoms with Gasteiger partial charge in [0.15, 0.2) is 9.84 Å². The molecule has 3 nitrogen and oxygen atoms in total. The summed E-state index contributed by atoms with van der Waals surface area (Å²) in [5, 5.41) is 0.952. The van der Waals surface area contributed by atoms with Crippen LogP contribution in [-0.2, 0) is 15.6 Å². The van der Waals surface area contributed by atoms with E-state index in [2.05, 4.69) is 4.98 Å². The van der Waals surface area contributed by atoms with E-state index in [1.807, 2.05) is 30.3 Å². The van der Waals surface area contributed by atoms with Crippen LogP contribution >= 0.6 is 0 Å². The van der Waals surface area contributed by atoms with E-state index in [-0.39, 0.29) is 5.75 Å². The van der Waals surface area contributed by atoms with Crippen LogP contribution < -0.4 is 0 Å². The van der Waals surface area contributed by atoms with Gasteiger partial charge in [-0.15, -0.1) is 0 Å². The molecule has 0 amide bonds. The van der Waals surface area contributed by atoms with E-state index < -0.39 is 9.84 Å². The number of nitrogens with zero attached hydrogens (tertiary/aromatic N) is 1. The van der Waals surface area contributed by atoms with Gasteiger partial charge in [-0.05, 0) is 23.8 Å². The molecule has 0 unspecified atom stereocenters. The second kappa shape index (κ2) is 5.06. The highest BCUT2D eigenvalue weighted by molar-refractivity contribution is 7.90. The minimum absolute atomic E-state index is 0.0363. The van der Waals surface area contributed by atoms with Crippen molar-refractivity contribution in [3.05, 3.63) is 72.4 Å². The molecule has 0 fully saturated rings. The van der Waals surface area contributed by atoms with Crippen LogP contribution in [0.5, 0.6) is 0 Å². The van der Waals surface area contributed by atoms with Crippen LogP contribution in [0.1, 0.15) is 5.56 Å². The highest BCUT2D eigenvalue weighted by atomic mass is 32.2. The molecule has 2 aromatic carbocycles. The lowest BCUT2D eigenvalue weighted by Gasteiger charge is -2.07. The molecule has 0 saturated heterocycles. The van der Waals surface area contributed by atoms with Crippen LogP contribution in [0.4, 0.5) is 0 Å². The first-order valence-corrected chi connectivity index (χ1v) is 7.92. The van der Waals surface area contributed by atoms with Crippen molar-refractivity contribution in [2.45, 2.75) is 10.6 Å². The molecule has 20 heavy (non-hydrogen) atoms. The molecule has 0 atom stereocenters. The molecule has 0 N–H and O–H groups in total. The van der Waals surface area contributed by atoms with Gasteiger partial charge in [-0.2, -0.15) is 0 Å². The maximum absolute atomic E-state index is 12.4. The Hall–Kier alpha value is -2.20. The third-order valence-corrected chi connectivity index (χ3v) is 4.85. The van der Waals surface area contributed by atoms with Gasteiger partial charge < -0.3 is 0 Å². The van der Waals surface area contributed by atoms with Crippen molar-refractivity contribution >= 4 is 20.7 Å². The number of sulfone groups is 1. The molecule has 0 spiro atoms. The lowest BCUT2D eigenvalue weighted by molar-refractivity contribution is 0.595. The largest absolute Gasteiger partial charge is 0.256 e. The molecule has 0 bridgehead atoms. The Bertz CT molecular complexity index is 837. The van der Waals surface area contributed by atoms with Crippen LogP contribution in [0, 0.1) is 0 Å². The molecule has 1 aromatic heterocycles. The van der Waals surface area contributed by atoms with Gasteiger partial charge in [0.2, 0.25) is 0 Å². The number of benzene rings is 2. The molecule has 0 radical (unpaired) electrons. The van der Waals surface area contributed by atoms with E-state index in [4.69, 9.17) is 0 Å². The summed E-state index contributed by atoms with van der Waals surface area (Å²) in [5.74, 6) is -0.0363. The standard InChI is InChI=1S/C16H13NO2S/c18-20(19,15-9-2-1-3-10-15)12-14-7-4-6-13-8-5-11-17-16(13)14/h1-11H,12H2. The molecule has 0 saturated carbocycles. The minimum atomic E-state index is -3.34. The number of fused-ring (bicyclic) bond motifs is 1. The van der Waals surface area contributed by atoms with Crippen molar-refractivity contribution in [3.63, 3.8) is 0 Å². The quantitative estimate of drug-likeness (QED) is 0.741. The van der Waals surface area contributed by atoms with Crippen molar-refractivity contribution in [2.75, 3.05) is 0 Å². The molecule has 3 aromatic rings. The highest BCUT2D eigenvalue weighted by Crippen LogP contribution is 2.21. The van der Waals surface area contributed by atoms with Gasteiger partial charge in [0.05, 0.1) is 16.2 Å². The summed E-state index contributed by atoms with van der Waals surface area (Å²) in [6.07, 6.45) is 1.68. The molecule has 0 aliphatic heterocycles. The van der Waals surface area contributed by atoms with Crippen LogP contribution in [0.3, 0.4) is 0 Å². The van der Waals surface area contributed by atoms with Crippen molar-refractivity contribution in [1.82, 2.24) is 4.98 Å². The van der Waals surface area contributed by atoms with E-state index in [0.29, 0.717) is 4.90 Å². The van der Waals surface area contributed by atoms with Crippen molar-refractivity contribution in [3.8, 4) is 0 Å². The molecule has 0 aliphatic rings. The van der Waals surface area contributed by atoms with Crippen molar-refractivity contribution < 1.29 is 8.42 Å². The van der Waals surface area contributed by atoms with E-state index in [0.717, 1.165) is 16.5 Å². The first-order valence-electron chi connectivity index (χ1n) is 6.27. The van der Waals surface area contributed by atoms with E-state index in [1.54, 1.807) is 36.5 Å². The molecule has 4 heteroatoms. The number of aromatic nitrogens is 1. The normalized spacial score (nSPS) is 11.6. The van der Waals surface area contributed by atoms with Gasteiger partial charge in [0.25, 0.3) is 0 Å². The van der Waals surface area contributed by atoms with Crippen LogP contribution in [0.2, 0.25) is 0 Å². The van der Waals surface area contributed by atoms with Crippen LogP contribution in [0.25, 0.3) is 10.9 Å². The zero-order valence-corrected chi connectivity index (χ0v) is 11.5. The summed E-state index contributed by atoms with van der Waals surface area (Å²) in [4.78, 5) is 4.64. The van der Waals surface area contributed by atoms with Crippen LogP contribution in [-0.4, -0.2) is 13.4 Å². The number of hydrogen-bond acceptors (Lipinski definition) is 3. The van der Waals surface area contributed by atoms with Gasteiger partial charge in [-0.1, -0.05) is 42.5 Å². The summed E-state index contributed by atoms with van der Waals surface area (Å²) in [7, 11) is -3.34. The predicted molar refractivity (Wildman–Crippen MR) is 79.1 cm³/mol. The monoisotopic (exact) mass is 283 g/mol. The fourth-order valence-corrected chi connectivity index (χ4v) is 3.58. The Kier molecular flexibility index (Phi) is 3.24. The van der Waals surface area contributed by atoms with E-state index in [1.165, 1.54) is 0 Å². The van der Waals surface area contributed by atoms with E-state index >= 15 is 0 Å². The summed E-state index contributed by atoms with van der Waals surface area (Å²) >= 11 is 0. The molecule has 100 valence electrons. The SMILES string of the molecule is O=S(=O)(Cc1cccc2cccnc12)c1ccccc1. The van der Waals surface area contributed by atoms with Gasteiger partial charge >= 0.3 is 0 Å².